The number of benzene rings is 8. The first-order valence-electron chi connectivity index (χ1n) is 19.0. The average Bonchev–Trinajstić information content (AvgIpc) is 3.91. The number of rotatable bonds is 6. The highest BCUT2D eigenvalue weighted by atomic mass is 32.2. The van der Waals surface area contributed by atoms with Crippen LogP contribution in [0.25, 0.3) is 66.3 Å². The van der Waals surface area contributed by atoms with Crippen molar-refractivity contribution in [3.05, 3.63) is 199 Å². The molecule has 0 fully saturated rings. The zero-order valence-electron chi connectivity index (χ0n) is 30.3. The minimum Gasteiger partial charge on any atom is -0.464 e. The Kier molecular flexibility index (Phi) is 7.85. The molecule has 11 rings (SSSR count). The number of aromatic nitrogens is 1. The van der Waals surface area contributed by atoms with Gasteiger partial charge in [0.25, 0.3) is 0 Å². The lowest BCUT2D eigenvalue weighted by Gasteiger charge is -2.19. The summed E-state index contributed by atoms with van der Waals surface area (Å²) < 4.78 is 6.28. The first-order valence-corrected chi connectivity index (χ1v) is 19.9. The Morgan fingerprint density at radius 1 is 0.429 bits per heavy atom. The summed E-state index contributed by atoms with van der Waals surface area (Å²) >= 11 is 1.86. The monoisotopic (exact) mass is 737 g/mol. The smallest absolute Gasteiger partial charge is 0.196 e. The Morgan fingerprint density at radius 2 is 0.946 bits per heavy atom. The SMILES string of the molecule is c1ccc2c(c1)NC(c1ccc(-c3nc(-c4ccc(C5Nc6ccccc6S5)cc4)c(-c4ccc5ccccc5c4)cc3-c3ccc4ccccc4c3)cc1)O2. The predicted octanol–water partition coefficient (Wildman–Crippen LogP) is 13.8. The summed E-state index contributed by atoms with van der Waals surface area (Å²) in [6.07, 6.45) is -0.251. The summed E-state index contributed by atoms with van der Waals surface area (Å²) in [4.78, 5) is 6.96. The number of nitrogens with one attached hydrogen (secondary N) is 2. The van der Waals surface area contributed by atoms with E-state index in [1.807, 2.05) is 30.0 Å². The highest BCUT2D eigenvalue weighted by Crippen LogP contribution is 2.47. The Hall–Kier alpha value is -6.82. The summed E-state index contributed by atoms with van der Waals surface area (Å²) in [5, 5.41) is 12.2. The molecule has 0 aliphatic carbocycles. The Morgan fingerprint density at radius 3 is 1.55 bits per heavy atom. The third-order valence-electron chi connectivity index (χ3n) is 11.0. The number of nitrogens with zero attached hydrogens (tertiary/aromatic N) is 1. The molecule has 2 unspecified atom stereocenters. The molecular formula is C51H35N3OS. The van der Waals surface area contributed by atoms with Crippen molar-refractivity contribution in [2.45, 2.75) is 16.5 Å². The lowest BCUT2D eigenvalue weighted by molar-refractivity contribution is 0.260. The highest BCUT2D eigenvalue weighted by Gasteiger charge is 2.25. The minimum atomic E-state index is -0.251. The van der Waals surface area contributed by atoms with Gasteiger partial charge in [0.05, 0.1) is 17.1 Å². The van der Waals surface area contributed by atoms with E-state index < -0.39 is 0 Å². The Balaban J connectivity index is 1.07. The number of anilines is 2. The van der Waals surface area contributed by atoms with Gasteiger partial charge in [0.15, 0.2) is 6.23 Å². The van der Waals surface area contributed by atoms with Crippen LogP contribution in [-0.4, -0.2) is 4.98 Å². The Bertz CT molecular complexity index is 2690. The number of pyridine rings is 1. The van der Waals surface area contributed by atoms with Crippen LogP contribution in [0.2, 0.25) is 0 Å². The van der Waals surface area contributed by atoms with E-state index in [0.29, 0.717) is 0 Å². The van der Waals surface area contributed by atoms with E-state index in [1.54, 1.807) is 0 Å². The topological polar surface area (TPSA) is 46.2 Å². The number of ether oxygens (including phenoxy) is 1. The molecule has 2 atom stereocenters. The molecule has 9 aromatic rings. The number of hydrogen-bond donors (Lipinski definition) is 2. The fourth-order valence-corrected chi connectivity index (χ4v) is 9.16. The zero-order valence-corrected chi connectivity index (χ0v) is 31.1. The van der Waals surface area contributed by atoms with Gasteiger partial charge in [-0.25, -0.2) is 4.98 Å². The van der Waals surface area contributed by atoms with E-state index in [9.17, 15) is 0 Å². The molecular weight excluding hydrogens is 703 g/mol. The summed E-state index contributed by atoms with van der Waals surface area (Å²) in [5.41, 5.74) is 12.9. The molecule has 266 valence electrons. The number of para-hydroxylation sites is 3. The molecule has 56 heavy (non-hydrogen) atoms. The van der Waals surface area contributed by atoms with Crippen molar-refractivity contribution in [3.63, 3.8) is 0 Å². The number of fused-ring (bicyclic) bond motifs is 4. The molecule has 1 aromatic heterocycles. The van der Waals surface area contributed by atoms with Gasteiger partial charge in [0, 0.05) is 38.4 Å². The van der Waals surface area contributed by atoms with E-state index in [4.69, 9.17) is 9.72 Å². The molecule has 0 amide bonds. The molecule has 2 aliphatic heterocycles. The largest absolute Gasteiger partial charge is 0.464 e. The summed E-state index contributed by atoms with van der Waals surface area (Å²) in [5.74, 6) is 0.869. The standard InChI is InChI=1S/C51H35N3OS/c1-3-11-38-29-40(27-17-32(38)9-1)42-31-43(41-28-18-33-10-2-4-12-39(33)30-41)49(35-21-25-37(26-22-35)51-53-45-14-6-8-16-47(45)56-51)54-48(42)34-19-23-36(24-20-34)50-52-44-13-5-7-15-46(44)55-50/h1-31,50-53H. The molecule has 2 aliphatic rings. The van der Waals surface area contributed by atoms with Crippen LogP contribution in [0.3, 0.4) is 0 Å². The lowest BCUT2D eigenvalue weighted by atomic mass is 9.90. The molecule has 8 aromatic carbocycles. The van der Waals surface area contributed by atoms with Crippen LogP contribution >= 0.6 is 11.8 Å². The maximum Gasteiger partial charge on any atom is 0.196 e. The normalized spacial score (nSPS) is 15.5. The van der Waals surface area contributed by atoms with Gasteiger partial charge in [-0.2, -0.15) is 0 Å². The molecule has 3 heterocycles. The summed E-state index contributed by atoms with van der Waals surface area (Å²) in [6, 6.07) is 67.2. The first kappa shape index (κ1) is 32.6. The molecule has 0 spiro atoms. The fourth-order valence-electron chi connectivity index (χ4n) is 8.01. The molecule has 0 bridgehead atoms. The third-order valence-corrected chi connectivity index (χ3v) is 12.2. The van der Waals surface area contributed by atoms with Gasteiger partial charge < -0.3 is 15.4 Å². The van der Waals surface area contributed by atoms with Gasteiger partial charge in [-0.1, -0.05) is 157 Å². The third kappa shape index (κ3) is 5.85. The van der Waals surface area contributed by atoms with Crippen molar-refractivity contribution in [2.24, 2.45) is 0 Å². The van der Waals surface area contributed by atoms with Crippen molar-refractivity contribution >= 4 is 44.7 Å². The van der Waals surface area contributed by atoms with E-state index >= 15 is 0 Å². The van der Waals surface area contributed by atoms with Crippen LogP contribution in [0.4, 0.5) is 11.4 Å². The summed E-state index contributed by atoms with van der Waals surface area (Å²) in [7, 11) is 0. The van der Waals surface area contributed by atoms with Gasteiger partial charge in [0.2, 0.25) is 0 Å². The van der Waals surface area contributed by atoms with E-state index in [1.165, 1.54) is 37.7 Å². The van der Waals surface area contributed by atoms with Gasteiger partial charge in [0.1, 0.15) is 11.1 Å². The molecule has 0 radical (unpaired) electrons. The first-order chi connectivity index (χ1) is 27.7. The molecule has 5 heteroatoms. The quantitative estimate of drug-likeness (QED) is 0.178. The van der Waals surface area contributed by atoms with Gasteiger partial charge in [-0.3, -0.25) is 0 Å². The van der Waals surface area contributed by atoms with Crippen molar-refractivity contribution < 1.29 is 4.74 Å². The van der Waals surface area contributed by atoms with Crippen LogP contribution in [0.5, 0.6) is 5.75 Å². The second-order valence-corrected chi connectivity index (χ2v) is 15.6. The lowest BCUT2D eigenvalue weighted by Crippen LogP contribution is -2.09. The van der Waals surface area contributed by atoms with E-state index in [0.717, 1.165) is 61.8 Å². The van der Waals surface area contributed by atoms with Gasteiger partial charge in [-0.15, -0.1) is 0 Å². The number of hydrogen-bond acceptors (Lipinski definition) is 5. The van der Waals surface area contributed by atoms with E-state index in [2.05, 4.69) is 180 Å². The van der Waals surface area contributed by atoms with Crippen LogP contribution in [0.1, 0.15) is 22.7 Å². The molecule has 0 saturated carbocycles. The molecule has 2 N–H and O–H groups in total. The number of thioether (sulfide) groups is 1. The molecule has 0 saturated heterocycles. The minimum absolute atomic E-state index is 0.157. The van der Waals surface area contributed by atoms with Crippen molar-refractivity contribution in [3.8, 4) is 50.5 Å². The van der Waals surface area contributed by atoms with Crippen LogP contribution in [0, 0.1) is 0 Å². The summed E-state index contributed by atoms with van der Waals surface area (Å²) in [6.45, 7) is 0. The van der Waals surface area contributed by atoms with Gasteiger partial charge in [-0.05, 0) is 80.7 Å². The molecule has 4 nitrogen and oxygen atoms in total. The van der Waals surface area contributed by atoms with Crippen molar-refractivity contribution in [1.82, 2.24) is 4.98 Å². The van der Waals surface area contributed by atoms with Crippen LogP contribution < -0.4 is 15.4 Å². The Labute approximate surface area is 329 Å². The average molecular weight is 738 g/mol. The maximum atomic E-state index is 6.28. The van der Waals surface area contributed by atoms with Crippen molar-refractivity contribution in [1.29, 1.82) is 0 Å². The second kappa shape index (κ2) is 13.5. The van der Waals surface area contributed by atoms with Crippen molar-refractivity contribution in [2.75, 3.05) is 10.6 Å². The zero-order chi connectivity index (χ0) is 37.0. The maximum absolute atomic E-state index is 6.28. The van der Waals surface area contributed by atoms with Gasteiger partial charge >= 0.3 is 0 Å². The highest BCUT2D eigenvalue weighted by molar-refractivity contribution is 8.00. The van der Waals surface area contributed by atoms with E-state index in [-0.39, 0.29) is 11.6 Å². The second-order valence-electron chi connectivity index (χ2n) is 14.4. The predicted molar refractivity (Wildman–Crippen MR) is 233 cm³/mol. The fraction of sp³-hybridized carbons (Fsp3) is 0.0392. The van der Waals surface area contributed by atoms with Crippen LogP contribution in [0.15, 0.2) is 193 Å². The van der Waals surface area contributed by atoms with Crippen LogP contribution in [-0.2, 0) is 0 Å².